The Morgan fingerprint density at radius 1 is 0.962 bits per heavy atom. The van der Waals surface area contributed by atoms with Gasteiger partial charge in [-0.05, 0) is 48.5 Å². The molecule has 0 saturated carbocycles. The summed E-state index contributed by atoms with van der Waals surface area (Å²) >= 11 is 5.95. The molecule has 1 aliphatic rings. The number of nitrogens with zero attached hydrogens (tertiary/aromatic N) is 2. The monoisotopic (exact) mass is 376 g/mol. The minimum Gasteiger partial charge on any atom is -0.497 e. The van der Waals surface area contributed by atoms with E-state index >= 15 is 0 Å². The maximum absolute atomic E-state index is 10.3. The number of rotatable bonds is 7. The Hall–Kier alpha value is -1.95. The lowest BCUT2D eigenvalue weighted by molar-refractivity contribution is 0.0663. The van der Waals surface area contributed by atoms with Crippen molar-refractivity contribution in [2.24, 2.45) is 0 Å². The summed E-state index contributed by atoms with van der Waals surface area (Å²) in [5.74, 6) is 1.52. The fourth-order valence-corrected chi connectivity index (χ4v) is 3.18. The van der Waals surface area contributed by atoms with Gasteiger partial charge in [0.1, 0.15) is 24.2 Å². The molecule has 1 fully saturated rings. The minimum absolute atomic E-state index is 0.281. The third kappa shape index (κ3) is 5.27. The van der Waals surface area contributed by atoms with E-state index in [1.807, 2.05) is 36.4 Å². The van der Waals surface area contributed by atoms with E-state index in [0.29, 0.717) is 6.54 Å². The molecule has 1 saturated heterocycles. The smallest absolute Gasteiger partial charge is 0.119 e. The molecule has 1 atom stereocenters. The first-order chi connectivity index (χ1) is 12.6. The maximum atomic E-state index is 10.3. The predicted octanol–water partition coefficient (Wildman–Crippen LogP) is 2.91. The SMILES string of the molecule is COc1ccc(OC[C@H](O)CN2CCN(c3ccc(Cl)cc3)CC2)cc1. The number of hydrogen-bond acceptors (Lipinski definition) is 5. The van der Waals surface area contributed by atoms with Crippen LogP contribution in [-0.2, 0) is 0 Å². The molecule has 1 aliphatic heterocycles. The van der Waals surface area contributed by atoms with Crippen LogP contribution >= 0.6 is 11.6 Å². The number of aliphatic hydroxyl groups excluding tert-OH is 1. The van der Waals surface area contributed by atoms with Crippen molar-refractivity contribution in [3.63, 3.8) is 0 Å². The molecule has 2 aromatic rings. The summed E-state index contributed by atoms with van der Waals surface area (Å²) in [5, 5.41) is 11.0. The van der Waals surface area contributed by atoms with Gasteiger partial charge in [0.15, 0.2) is 0 Å². The van der Waals surface area contributed by atoms with Crippen molar-refractivity contribution in [3.8, 4) is 11.5 Å². The molecule has 140 valence electrons. The third-order valence-corrected chi connectivity index (χ3v) is 4.79. The van der Waals surface area contributed by atoms with Crippen molar-refractivity contribution in [1.82, 2.24) is 4.90 Å². The van der Waals surface area contributed by atoms with Gasteiger partial charge in [0, 0.05) is 43.4 Å². The normalized spacial score (nSPS) is 16.3. The molecule has 1 heterocycles. The molecule has 0 amide bonds. The van der Waals surface area contributed by atoms with E-state index in [1.54, 1.807) is 7.11 Å². The highest BCUT2D eigenvalue weighted by atomic mass is 35.5. The standard InChI is InChI=1S/C20H25ClN2O3/c1-25-19-6-8-20(9-7-19)26-15-18(24)14-22-10-12-23(13-11-22)17-4-2-16(21)3-5-17/h2-9,18,24H,10-15H2,1H3/t18-/m1/s1. The van der Waals surface area contributed by atoms with E-state index in [1.165, 1.54) is 5.69 Å². The van der Waals surface area contributed by atoms with Gasteiger partial charge in [0.05, 0.1) is 7.11 Å². The van der Waals surface area contributed by atoms with Crippen LogP contribution in [0.3, 0.4) is 0 Å². The molecule has 5 nitrogen and oxygen atoms in total. The Morgan fingerprint density at radius 3 is 2.19 bits per heavy atom. The summed E-state index contributed by atoms with van der Waals surface area (Å²) in [6.45, 7) is 4.61. The molecular formula is C20H25ClN2O3. The molecule has 0 radical (unpaired) electrons. The highest BCUT2D eigenvalue weighted by molar-refractivity contribution is 6.30. The zero-order valence-electron chi connectivity index (χ0n) is 15.0. The van der Waals surface area contributed by atoms with Gasteiger partial charge < -0.3 is 19.5 Å². The third-order valence-electron chi connectivity index (χ3n) is 4.53. The molecule has 6 heteroatoms. The first kappa shape index (κ1) is 18.8. The second-order valence-electron chi connectivity index (χ2n) is 6.40. The molecule has 0 unspecified atom stereocenters. The van der Waals surface area contributed by atoms with Crippen LogP contribution < -0.4 is 14.4 Å². The van der Waals surface area contributed by atoms with Crippen LogP contribution in [0.2, 0.25) is 5.02 Å². The van der Waals surface area contributed by atoms with E-state index in [9.17, 15) is 5.11 Å². The summed E-state index contributed by atoms with van der Waals surface area (Å²) in [6, 6.07) is 15.3. The van der Waals surface area contributed by atoms with E-state index < -0.39 is 6.10 Å². The second kappa shape index (κ2) is 9.12. The molecule has 3 rings (SSSR count). The van der Waals surface area contributed by atoms with Crippen LogP contribution in [0.5, 0.6) is 11.5 Å². The topological polar surface area (TPSA) is 45.2 Å². The Balaban J connectivity index is 1.40. The van der Waals surface area contributed by atoms with Crippen molar-refractivity contribution in [3.05, 3.63) is 53.6 Å². The predicted molar refractivity (Wildman–Crippen MR) is 105 cm³/mol. The largest absolute Gasteiger partial charge is 0.497 e. The van der Waals surface area contributed by atoms with Crippen LogP contribution in [-0.4, -0.2) is 62.6 Å². The average Bonchev–Trinajstić information content (AvgIpc) is 2.68. The van der Waals surface area contributed by atoms with Gasteiger partial charge in [-0.1, -0.05) is 11.6 Å². The number of β-amino-alcohol motifs (C(OH)–C–C–N with tert-alkyl or cyclic N) is 1. The number of methoxy groups -OCH3 is 1. The molecule has 0 spiro atoms. The van der Waals surface area contributed by atoms with Crippen LogP contribution in [0.4, 0.5) is 5.69 Å². The fraction of sp³-hybridized carbons (Fsp3) is 0.400. The molecule has 1 N–H and O–H groups in total. The van der Waals surface area contributed by atoms with Crippen LogP contribution in [0.1, 0.15) is 0 Å². The molecular weight excluding hydrogens is 352 g/mol. The minimum atomic E-state index is -0.515. The first-order valence-electron chi connectivity index (χ1n) is 8.82. The van der Waals surface area contributed by atoms with Crippen LogP contribution in [0.25, 0.3) is 0 Å². The van der Waals surface area contributed by atoms with Crippen molar-refractivity contribution in [1.29, 1.82) is 0 Å². The Kier molecular flexibility index (Phi) is 6.61. The van der Waals surface area contributed by atoms with Gasteiger partial charge in [0.2, 0.25) is 0 Å². The number of anilines is 1. The highest BCUT2D eigenvalue weighted by Crippen LogP contribution is 2.20. The highest BCUT2D eigenvalue weighted by Gasteiger charge is 2.19. The number of aliphatic hydroxyl groups is 1. The fourth-order valence-electron chi connectivity index (χ4n) is 3.06. The molecule has 0 aromatic heterocycles. The Labute approximate surface area is 159 Å². The summed E-state index contributed by atoms with van der Waals surface area (Å²) in [5.41, 5.74) is 1.19. The summed E-state index contributed by atoms with van der Waals surface area (Å²) < 4.78 is 10.8. The van der Waals surface area contributed by atoms with Crippen molar-refractivity contribution in [2.45, 2.75) is 6.10 Å². The van der Waals surface area contributed by atoms with E-state index in [4.69, 9.17) is 21.1 Å². The quantitative estimate of drug-likeness (QED) is 0.805. The van der Waals surface area contributed by atoms with Crippen molar-refractivity contribution in [2.75, 3.05) is 51.3 Å². The molecule has 2 aromatic carbocycles. The van der Waals surface area contributed by atoms with Gasteiger partial charge in [-0.3, -0.25) is 4.90 Å². The lowest BCUT2D eigenvalue weighted by Crippen LogP contribution is -2.49. The first-order valence-corrected chi connectivity index (χ1v) is 9.19. The second-order valence-corrected chi connectivity index (χ2v) is 6.84. The Bertz CT molecular complexity index is 670. The zero-order valence-corrected chi connectivity index (χ0v) is 15.7. The number of hydrogen-bond donors (Lipinski definition) is 1. The molecule has 26 heavy (non-hydrogen) atoms. The lowest BCUT2D eigenvalue weighted by atomic mass is 10.2. The van der Waals surface area contributed by atoms with Gasteiger partial charge in [-0.2, -0.15) is 0 Å². The van der Waals surface area contributed by atoms with E-state index in [2.05, 4.69) is 21.9 Å². The Morgan fingerprint density at radius 2 is 1.58 bits per heavy atom. The summed E-state index contributed by atoms with van der Waals surface area (Å²) in [7, 11) is 1.63. The van der Waals surface area contributed by atoms with Crippen molar-refractivity contribution < 1.29 is 14.6 Å². The number of benzene rings is 2. The van der Waals surface area contributed by atoms with E-state index in [-0.39, 0.29) is 6.61 Å². The van der Waals surface area contributed by atoms with Crippen LogP contribution in [0.15, 0.2) is 48.5 Å². The van der Waals surface area contributed by atoms with Crippen molar-refractivity contribution >= 4 is 17.3 Å². The zero-order chi connectivity index (χ0) is 18.4. The molecule has 0 aliphatic carbocycles. The summed E-state index contributed by atoms with van der Waals surface area (Å²) in [4.78, 5) is 4.61. The number of ether oxygens (including phenoxy) is 2. The lowest BCUT2D eigenvalue weighted by Gasteiger charge is -2.36. The van der Waals surface area contributed by atoms with E-state index in [0.717, 1.165) is 42.7 Å². The average molecular weight is 377 g/mol. The molecule has 0 bridgehead atoms. The van der Waals surface area contributed by atoms with Gasteiger partial charge in [-0.25, -0.2) is 0 Å². The summed E-state index contributed by atoms with van der Waals surface area (Å²) in [6.07, 6.45) is -0.515. The van der Waals surface area contributed by atoms with Gasteiger partial charge in [-0.15, -0.1) is 0 Å². The van der Waals surface area contributed by atoms with Crippen LogP contribution in [0, 0.1) is 0 Å². The number of piperazine rings is 1. The maximum Gasteiger partial charge on any atom is 0.119 e. The number of halogens is 1. The van der Waals surface area contributed by atoms with Gasteiger partial charge in [0.25, 0.3) is 0 Å². The van der Waals surface area contributed by atoms with Gasteiger partial charge >= 0.3 is 0 Å².